The van der Waals surface area contributed by atoms with Crippen molar-refractivity contribution >= 4 is 37.7 Å². The molecule has 1 aromatic heterocycles. The zero-order valence-corrected chi connectivity index (χ0v) is 12.3. The van der Waals surface area contributed by atoms with E-state index in [1.165, 1.54) is 0 Å². The maximum Gasteiger partial charge on any atom is 0.136 e. The predicted molar refractivity (Wildman–Crippen MR) is 74.1 cm³/mol. The normalized spacial score (nSPS) is 10.5. The Labute approximate surface area is 116 Å². The van der Waals surface area contributed by atoms with Crippen molar-refractivity contribution in [3.63, 3.8) is 0 Å². The molecule has 2 N–H and O–H groups in total. The van der Waals surface area contributed by atoms with Crippen molar-refractivity contribution < 1.29 is 4.74 Å². The molecule has 4 nitrogen and oxygen atoms in total. The predicted octanol–water partition coefficient (Wildman–Crippen LogP) is 3.05. The molecule has 0 atom stereocenters. The van der Waals surface area contributed by atoms with Gasteiger partial charge in [-0.2, -0.15) is 5.10 Å². The maximum atomic E-state index is 5.88. The lowest BCUT2D eigenvalue weighted by Crippen LogP contribution is -2.07. The van der Waals surface area contributed by atoms with Crippen molar-refractivity contribution in [2.45, 2.75) is 6.54 Å². The van der Waals surface area contributed by atoms with E-state index >= 15 is 0 Å². The molecule has 0 unspecified atom stereocenters. The van der Waals surface area contributed by atoms with Gasteiger partial charge in [0.2, 0.25) is 0 Å². The van der Waals surface area contributed by atoms with Crippen LogP contribution in [0.15, 0.2) is 33.3 Å². The average Bonchev–Trinajstić information content (AvgIpc) is 2.61. The average molecular weight is 361 g/mol. The zero-order valence-electron chi connectivity index (χ0n) is 9.15. The van der Waals surface area contributed by atoms with Crippen LogP contribution in [0.2, 0.25) is 0 Å². The Balaban J connectivity index is 2.35. The van der Waals surface area contributed by atoms with Gasteiger partial charge in [-0.3, -0.25) is 0 Å². The van der Waals surface area contributed by atoms with E-state index in [-0.39, 0.29) is 0 Å². The van der Waals surface area contributed by atoms with Crippen LogP contribution in [0.1, 0.15) is 5.56 Å². The molecule has 17 heavy (non-hydrogen) atoms. The van der Waals surface area contributed by atoms with E-state index < -0.39 is 0 Å². The maximum absolute atomic E-state index is 5.88. The van der Waals surface area contributed by atoms with Gasteiger partial charge < -0.3 is 10.5 Å². The van der Waals surface area contributed by atoms with Gasteiger partial charge in [0.25, 0.3) is 0 Å². The third kappa shape index (κ3) is 2.63. The number of nitrogen functional groups attached to an aromatic ring is 1. The molecule has 1 heterocycles. The minimum atomic E-state index is 0.569. The van der Waals surface area contributed by atoms with E-state index in [2.05, 4.69) is 37.0 Å². The second kappa shape index (κ2) is 5.10. The first-order valence-electron chi connectivity index (χ1n) is 4.91. The van der Waals surface area contributed by atoms with E-state index in [0.29, 0.717) is 12.4 Å². The number of hydrogen-bond acceptors (Lipinski definition) is 3. The number of nitrogens with two attached hydrogens (primary N) is 1. The number of hydrogen-bond donors (Lipinski definition) is 1. The van der Waals surface area contributed by atoms with Gasteiger partial charge >= 0.3 is 0 Å². The molecule has 1 aromatic carbocycles. The number of methoxy groups -OCH3 is 1. The van der Waals surface area contributed by atoms with Crippen LogP contribution in [-0.4, -0.2) is 16.9 Å². The molecule has 0 aliphatic rings. The molecular formula is C11H11Br2N3O. The van der Waals surface area contributed by atoms with Crippen molar-refractivity contribution in [3.8, 4) is 5.75 Å². The topological polar surface area (TPSA) is 53.1 Å². The zero-order chi connectivity index (χ0) is 12.4. The lowest BCUT2D eigenvalue weighted by atomic mass is 10.2. The molecule has 90 valence electrons. The lowest BCUT2D eigenvalue weighted by Gasteiger charge is -2.10. The van der Waals surface area contributed by atoms with E-state index in [1.807, 2.05) is 18.2 Å². The van der Waals surface area contributed by atoms with Crippen LogP contribution in [0, 0.1) is 0 Å². The summed E-state index contributed by atoms with van der Waals surface area (Å²) in [6.07, 6.45) is 1.68. The number of aromatic nitrogens is 2. The summed E-state index contributed by atoms with van der Waals surface area (Å²) in [5.74, 6) is 1.42. The van der Waals surface area contributed by atoms with E-state index in [4.69, 9.17) is 10.5 Å². The Morgan fingerprint density at radius 2 is 2.18 bits per heavy atom. The van der Waals surface area contributed by atoms with Crippen molar-refractivity contribution in [3.05, 3.63) is 38.9 Å². The highest BCUT2D eigenvalue weighted by Crippen LogP contribution is 2.26. The van der Waals surface area contributed by atoms with Crippen molar-refractivity contribution in [2.75, 3.05) is 12.8 Å². The van der Waals surface area contributed by atoms with Crippen LogP contribution in [0.3, 0.4) is 0 Å². The van der Waals surface area contributed by atoms with E-state index in [1.54, 1.807) is 18.0 Å². The first kappa shape index (κ1) is 12.4. The highest BCUT2D eigenvalue weighted by atomic mass is 79.9. The van der Waals surface area contributed by atoms with Gasteiger partial charge in [0, 0.05) is 10.0 Å². The molecule has 0 aliphatic carbocycles. The van der Waals surface area contributed by atoms with Crippen molar-refractivity contribution in [1.29, 1.82) is 0 Å². The summed E-state index contributed by atoms with van der Waals surface area (Å²) >= 11 is 6.77. The number of benzene rings is 1. The minimum absolute atomic E-state index is 0.569. The summed E-state index contributed by atoms with van der Waals surface area (Å²) < 4.78 is 8.82. The van der Waals surface area contributed by atoms with Gasteiger partial charge in [-0.1, -0.05) is 15.9 Å². The van der Waals surface area contributed by atoms with Crippen LogP contribution in [0.4, 0.5) is 5.82 Å². The summed E-state index contributed by atoms with van der Waals surface area (Å²) in [6, 6.07) is 5.84. The molecule has 2 rings (SSSR count). The summed E-state index contributed by atoms with van der Waals surface area (Å²) in [5.41, 5.74) is 6.90. The van der Waals surface area contributed by atoms with Gasteiger partial charge in [-0.15, -0.1) is 0 Å². The second-order valence-corrected chi connectivity index (χ2v) is 5.26. The molecule has 0 saturated carbocycles. The molecule has 0 amide bonds. The molecule has 0 spiro atoms. The Morgan fingerprint density at radius 3 is 2.76 bits per heavy atom. The fourth-order valence-corrected chi connectivity index (χ4v) is 2.23. The monoisotopic (exact) mass is 359 g/mol. The molecule has 0 bridgehead atoms. The number of anilines is 1. The van der Waals surface area contributed by atoms with Gasteiger partial charge in [0.05, 0.1) is 24.3 Å². The molecule has 6 heteroatoms. The van der Waals surface area contributed by atoms with Crippen LogP contribution in [0.5, 0.6) is 5.75 Å². The van der Waals surface area contributed by atoms with Crippen LogP contribution in [0.25, 0.3) is 0 Å². The van der Waals surface area contributed by atoms with Gasteiger partial charge in [0.15, 0.2) is 0 Å². The summed E-state index contributed by atoms with van der Waals surface area (Å²) in [7, 11) is 1.65. The lowest BCUT2D eigenvalue weighted by molar-refractivity contribution is 0.407. The molecule has 0 fully saturated rings. The Kier molecular flexibility index (Phi) is 3.73. The Morgan fingerprint density at radius 1 is 1.41 bits per heavy atom. The smallest absolute Gasteiger partial charge is 0.136 e. The summed E-state index contributed by atoms with van der Waals surface area (Å²) in [4.78, 5) is 0. The highest BCUT2D eigenvalue weighted by Gasteiger charge is 2.09. The summed E-state index contributed by atoms with van der Waals surface area (Å²) in [6.45, 7) is 0.569. The second-order valence-electron chi connectivity index (χ2n) is 3.49. The fourth-order valence-electron chi connectivity index (χ4n) is 1.53. The van der Waals surface area contributed by atoms with Gasteiger partial charge in [-0.05, 0) is 34.1 Å². The standard InChI is InChI=1S/C11H11Br2N3O/c1-17-10-3-2-8(12)4-7(10)6-16-11(14)9(13)5-15-16/h2-5H,6,14H2,1H3. The molecule has 0 aliphatic heterocycles. The molecule has 0 saturated heterocycles. The Hall–Kier alpha value is -1.01. The molecule has 2 aromatic rings. The summed E-state index contributed by atoms with van der Waals surface area (Å²) in [5, 5.41) is 4.19. The molecule has 0 radical (unpaired) electrons. The third-order valence-electron chi connectivity index (χ3n) is 2.40. The number of nitrogens with zero attached hydrogens (tertiary/aromatic N) is 2. The first-order valence-corrected chi connectivity index (χ1v) is 6.49. The number of rotatable bonds is 3. The van der Waals surface area contributed by atoms with Crippen LogP contribution < -0.4 is 10.5 Å². The first-order chi connectivity index (χ1) is 8.11. The van der Waals surface area contributed by atoms with Crippen LogP contribution in [-0.2, 0) is 6.54 Å². The highest BCUT2D eigenvalue weighted by molar-refractivity contribution is 9.10. The van der Waals surface area contributed by atoms with Crippen molar-refractivity contribution in [2.24, 2.45) is 0 Å². The SMILES string of the molecule is COc1ccc(Br)cc1Cn1ncc(Br)c1N. The third-order valence-corrected chi connectivity index (χ3v) is 3.50. The number of halogens is 2. The minimum Gasteiger partial charge on any atom is -0.496 e. The fraction of sp³-hybridized carbons (Fsp3) is 0.182. The van der Waals surface area contributed by atoms with E-state index in [9.17, 15) is 0 Å². The largest absolute Gasteiger partial charge is 0.496 e. The van der Waals surface area contributed by atoms with Gasteiger partial charge in [-0.25, -0.2) is 4.68 Å². The quantitative estimate of drug-likeness (QED) is 0.915. The van der Waals surface area contributed by atoms with E-state index in [0.717, 1.165) is 20.3 Å². The Bertz CT molecular complexity index is 540. The number of ether oxygens (including phenoxy) is 1. The van der Waals surface area contributed by atoms with Crippen LogP contribution >= 0.6 is 31.9 Å². The van der Waals surface area contributed by atoms with Gasteiger partial charge in [0.1, 0.15) is 11.6 Å². The molecular weight excluding hydrogens is 350 g/mol. The van der Waals surface area contributed by atoms with Crippen molar-refractivity contribution in [1.82, 2.24) is 9.78 Å².